The average molecular weight is 462 g/mol. The molecule has 0 atom stereocenters. The first-order valence-electron chi connectivity index (χ1n) is 10.3. The van der Waals surface area contributed by atoms with Gasteiger partial charge in [-0.05, 0) is 36.4 Å². The number of carbonyl (C=O) groups is 1. The van der Waals surface area contributed by atoms with E-state index in [1.165, 1.54) is 11.8 Å². The lowest BCUT2D eigenvalue weighted by atomic mass is 10.2. The summed E-state index contributed by atoms with van der Waals surface area (Å²) < 4.78 is 12.3. The van der Waals surface area contributed by atoms with Crippen LogP contribution in [0.15, 0.2) is 82.7 Å². The maximum Gasteiger partial charge on any atom is 0.266 e. The van der Waals surface area contributed by atoms with Crippen LogP contribution in [0.5, 0.6) is 11.5 Å². The Labute approximate surface area is 195 Å². The molecule has 0 bridgehead atoms. The first-order chi connectivity index (χ1) is 16.1. The Morgan fingerprint density at radius 1 is 0.970 bits per heavy atom. The van der Waals surface area contributed by atoms with E-state index in [1.54, 1.807) is 43.1 Å². The molecule has 168 valence electrons. The third kappa shape index (κ3) is 5.01. The van der Waals surface area contributed by atoms with Gasteiger partial charge in [-0.2, -0.15) is 0 Å². The van der Waals surface area contributed by atoms with E-state index in [1.807, 2.05) is 48.5 Å². The van der Waals surface area contributed by atoms with Crippen LogP contribution in [0.4, 0.5) is 5.69 Å². The first kappa shape index (κ1) is 22.4. The maximum absolute atomic E-state index is 13.4. The summed E-state index contributed by atoms with van der Waals surface area (Å²) >= 11 is 1.35. The van der Waals surface area contributed by atoms with Crippen LogP contribution in [-0.2, 0) is 4.79 Å². The molecular formula is C25H23N3O4S. The molecule has 0 unspecified atom stereocenters. The summed E-state index contributed by atoms with van der Waals surface area (Å²) in [6.45, 7) is 0. The van der Waals surface area contributed by atoms with Gasteiger partial charge in [-0.15, -0.1) is 0 Å². The number of aromatic nitrogens is 2. The molecule has 4 rings (SSSR count). The zero-order chi connectivity index (χ0) is 23.2. The van der Waals surface area contributed by atoms with Gasteiger partial charge in [-0.1, -0.05) is 42.1 Å². The number of hydrogen-bond acceptors (Lipinski definition) is 6. The summed E-state index contributed by atoms with van der Waals surface area (Å²) in [6, 6.07) is 21.8. The van der Waals surface area contributed by atoms with Crippen molar-refractivity contribution < 1.29 is 14.3 Å². The van der Waals surface area contributed by atoms with E-state index in [0.717, 1.165) is 5.69 Å². The minimum Gasteiger partial charge on any atom is -0.493 e. The van der Waals surface area contributed by atoms with E-state index in [-0.39, 0.29) is 17.9 Å². The Morgan fingerprint density at radius 2 is 1.70 bits per heavy atom. The average Bonchev–Trinajstić information content (AvgIpc) is 2.84. The van der Waals surface area contributed by atoms with Crippen molar-refractivity contribution in [2.75, 3.05) is 25.3 Å². The van der Waals surface area contributed by atoms with Crippen molar-refractivity contribution in [1.82, 2.24) is 9.55 Å². The lowest BCUT2D eigenvalue weighted by Crippen LogP contribution is -2.22. The highest BCUT2D eigenvalue weighted by Gasteiger charge is 2.16. The number of rotatable bonds is 8. The molecule has 1 heterocycles. The number of carbonyl (C=O) groups excluding carboxylic acids is 1. The van der Waals surface area contributed by atoms with Gasteiger partial charge in [0.2, 0.25) is 5.91 Å². The van der Waals surface area contributed by atoms with Gasteiger partial charge >= 0.3 is 0 Å². The van der Waals surface area contributed by atoms with E-state index >= 15 is 0 Å². The predicted octanol–water partition coefficient (Wildman–Crippen LogP) is 4.52. The largest absolute Gasteiger partial charge is 0.493 e. The molecular weight excluding hydrogens is 438 g/mol. The molecule has 1 N–H and O–H groups in total. The fourth-order valence-electron chi connectivity index (χ4n) is 3.38. The van der Waals surface area contributed by atoms with E-state index in [4.69, 9.17) is 14.5 Å². The number of para-hydroxylation sites is 2. The van der Waals surface area contributed by atoms with Crippen molar-refractivity contribution in [3.63, 3.8) is 0 Å². The molecule has 0 aliphatic carbocycles. The zero-order valence-electron chi connectivity index (χ0n) is 18.3. The monoisotopic (exact) mass is 461 g/mol. The highest BCUT2D eigenvalue weighted by atomic mass is 32.2. The Hall–Kier alpha value is -3.78. The van der Waals surface area contributed by atoms with E-state index in [2.05, 4.69) is 5.32 Å². The van der Waals surface area contributed by atoms with Crippen molar-refractivity contribution >= 4 is 34.3 Å². The molecule has 0 radical (unpaired) electrons. The lowest BCUT2D eigenvalue weighted by molar-refractivity contribution is -0.115. The molecule has 0 fully saturated rings. The first-order valence-corrected chi connectivity index (χ1v) is 11.3. The second-order valence-corrected chi connectivity index (χ2v) is 8.17. The number of anilines is 1. The number of ether oxygens (including phenoxy) is 2. The predicted molar refractivity (Wildman–Crippen MR) is 131 cm³/mol. The Bertz CT molecular complexity index is 1340. The summed E-state index contributed by atoms with van der Waals surface area (Å²) in [5.41, 5.74) is 1.77. The summed E-state index contributed by atoms with van der Waals surface area (Å²) in [5.74, 6) is 1.43. The Kier molecular flexibility index (Phi) is 6.95. The summed E-state index contributed by atoms with van der Waals surface area (Å²) in [5, 5.41) is 3.88. The quantitative estimate of drug-likeness (QED) is 0.307. The maximum atomic E-state index is 13.4. The van der Waals surface area contributed by atoms with Crippen molar-refractivity contribution in [1.29, 1.82) is 0 Å². The van der Waals surface area contributed by atoms with E-state index in [0.29, 0.717) is 39.0 Å². The number of thioether (sulfide) groups is 1. The van der Waals surface area contributed by atoms with Crippen LogP contribution in [0.1, 0.15) is 6.42 Å². The summed E-state index contributed by atoms with van der Waals surface area (Å²) in [4.78, 5) is 30.5. The summed E-state index contributed by atoms with van der Waals surface area (Å²) in [6.07, 6.45) is 0.272. The molecule has 0 aliphatic heterocycles. The molecule has 1 aromatic heterocycles. The van der Waals surface area contributed by atoms with Crippen LogP contribution < -0.4 is 20.3 Å². The number of amides is 1. The zero-order valence-corrected chi connectivity index (χ0v) is 19.1. The second kappa shape index (κ2) is 10.2. The standard InChI is InChI=1S/C25H23N3O4S/c1-31-21-13-12-18(16-22(21)32-2)28-24(30)19-10-6-7-11-20(19)27-25(28)33-15-14-23(29)26-17-8-4-3-5-9-17/h3-13,16H,14-15H2,1-2H3,(H,26,29). The van der Waals surface area contributed by atoms with Gasteiger partial charge in [0.25, 0.3) is 5.56 Å². The third-order valence-electron chi connectivity index (χ3n) is 4.99. The number of benzene rings is 3. The summed E-state index contributed by atoms with van der Waals surface area (Å²) in [7, 11) is 3.10. The van der Waals surface area contributed by atoms with Crippen LogP contribution in [0.3, 0.4) is 0 Å². The van der Waals surface area contributed by atoms with Gasteiger partial charge in [-0.25, -0.2) is 4.98 Å². The van der Waals surface area contributed by atoms with Crippen LogP contribution in [-0.4, -0.2) is 35.4 Å². The molecule has 7 nitrogen and oxygen atoms in total. The SMILES string of the molecule is COc1ccc(-n2c(SCCC(=O)Nc3ccccc3)nc3ccccc3c2=O)cc1OC. The van der Waals surface area contributed by atoms with Crippen molar-refractivity contribution in [2.45, 2.75) is 11.6 Å². The van der Waals surface area contributed by atoms with Crippen molar-refractivity contribution in [2.24, 2.45) is 0 Å². The number of hydrogen-bond donors (Lipinski definition) is 1. The van der Waals surface area contributed by atoms with Gasteiger partial charge in [0.15, 0.2) is 16.7 Å². The molecule has 1 amide bonds. The van der Waals surface area contributed by atoms with Crippen molar-refractivity contribution in [3.8, 4) is 17.2 Å². The Morgan fingerprint density at radius 3 is 2.45 bits per heavy atom. The smallest absolute Gasteiger partial charge is 0.266 e. The number of fused-ring (bicyclic) bond motifs is 1. The minimum absolute atomic E-state index is 0.102. The molecule has 8 heteroatoms. The van der Waals surface area contributed by atoms with Gasteiger partial charge in [0.1, 0.15) is 0 Å². The minimum atomic E-state index is -0.191. The van der Waals surface area contributed by atoms with Gasteiger partial charge < -0.3 is 14.8 Å². The highest BCUT2D eigenvalue weighted by Crippen LogP contribution is 2.30. The molecule has 4 aromatic rings. The van der Waals surface area contributed by atoms with Crippen molar-refractivity contribution in [3.05, 3.63) is 83.2 Å². The molecule has 0 saturated heterocycles. The molecule has 0 spiro atoms. The van der Waals surface area contributed by atoms with Crippen LogP contribution in [0.2, 0.25) is 0 Å². The van der Waals surface area contributed by atoms with E-state index < -0.39 is 0 Å². The van der Waals surface area contributed by atoms with E-state index in [9.17, 15) is 9.59 Å². The molecule has 3 aromatic carbocycles. The molecule has 0 saturated carbocycles. The number of nitrogens with zero attached hydrogens (tertiary/aromatic N) is 2. The van der Waals surface area contributed by atoms with Gasteiger partial charge in [0.05, 0.1) is 30.8 Å². The number of nitrogens with one attached hydrogen (secondary N) is 1. The van der Waals surface area contributed by atoms with Gasteiger partial charge in [-0.3, -0.25) is 14.2 Å². The lowest BCUT2D eigenvalue weighted by Gasteiger charge is -2.15. The van der Waals surface area contributed by atoms with Crippen LogP contribution >= 0.6 is 11.8 Å². The Balaban J connectivity index is 1.64. The van der Waals surface area contributed by atoms with Gasteiger partial charge in [0, 0.05) is 23.9 Å². The number of methoxy groups -OCH3 is 2. The molecule has 33 heavy (non-hydrogen) atoms. The second-order valence-electron chi connectivity index (χ2n) is 7.10. The fraction of sp³-hybridized carbons (Fsp3) is 0.160. The normalized spacial score (nSPS) is 10.7. The third-order valence-corrected chi connectivity index (χ3v) is 5.93. The highest BCUT2D eigenvalue weighted by molar-refractivity contribution is 7.99. The van der Waals surface area contributed by atoms with Crippen LogP contribution in [0.25, 0.3) is 16.6 Å². The fourth-order valence-corrected chi connectivity index (χ4v) is 4.33. The van der Waals surface area contributed by atoms with Crippen LogP contribution in [0, 0.1) is 0 Å². The topological polar surface area (TPSA) is 82.5 Å². The molecule has 0 aliphatic rings.